The van der Waals surface area contributed by atoms with Gasteiger partial charge >= 0.3 is 0 Å². The topological polar surface area (TPSA) is 94.0 Å². The first-order valence-corrected chi connectivity index (χ1v) is 4.66. The van der Waals surface area contributed by atoms with Gasteiger partial charge in [0.15, 0.2) is 0 Å². The van der Waals surface area contributed by atoms with Crippen molar-refractivity contribution in [1.29, 1.82) is 0 Å². The van der Waals surface area contributed by atoms with Gasteiger partial charge < -0.3 is 15.6 Å². The number of rotatable bonds is 2. The molecule has 16 heavy (non-hydrogen) atoms. The van der Waals surface area contributed by atoms with E-state index in [-0.39, 0.29) is 16.4 Å². The molecule has 2 rings (SSSR count). The first-order chi connectivity index (χ1) is 7.66. The number of hydrogen-bond donors (Lipinski definition) is 2. The van der Waals surface area contributed by atoms with Crippen molar-refractivity contribution < 1.29 is 9.32 Å². The second-order valence-corrected chi connectivity index (χ2v) is 3.36. The molecule has 0 aliphatic carbocycles. The van der Waals surface area contributed by atoms with Gasteiger partial charge in [-0.05, 0) is 6.07 Å². The van der Waals surface area contributed by atoms with Crippen molar-refractivity contribution >= 4 is 29.0 Å². The van der Waals surface area contributed by atoms with Crippen LogP contribution in [0.25, 0.3) is 0 Å². The molecule has 0 saturated heterocycles. The van der Waals surface area contributed by atoms with Crippen LogP contribution in [-0.2, 0) is 0 Å². The minimum Gasteiger partial charge on any atom is -0.384 e. The van der Waals surface area contributed by atoms with Crippen LogP contribution < -0.4 is 11.1 Å². The minimum absolute atomic E-state index is 0.222. The second kappa shape index (κ2) is 4.19. The summed E-state index contributed by atoms with van der Waals surface area (Å²) in [4.78, 5) is 15.5. The molecule has 0 bridgehead atoms. The van der Waals surface area contributed by atoms with E-state index in [0.717, 1.165) is 0 Å². The summed E-state index contributed by atoms with van der Waals surface area (Å²) in [6, 6.07) is 1.39. The fourth-order valence-electron chi connectivity index (χ4n) is 1.09. The van der Waals surface area contributed by atoms with Gasteiger partial charge in [-0.3, -0.25) is 4.79 Å². The van der Waals surface area contributed by atoms with Crippen molar-refractivity contribution in [3.63, 3.8) is 0 Å². The number of pyridine rings is 1. The molecular weight excluding hydrogens is 232 g/mol. The van der Waals surface area contributed by atoms with Crippen LogP contribution in [0.3, 0.4) is 0 Å². The van der Waals surface area contributed by atoms with E-state index in [1.54, 1.807) is 0 Å². The third-order valence-electron chi connectivity index (χ3n) is 1.81. The molecule has 3 N–H and O–H groups in total. The summed E-state index contributed by atoms with van der Waals surface area (Å²) in [5.41, 5.74) is 6.14. The van der Waals surface area contributed by atoms with E-state index < -0.39 is 5.91 Å². The van der Waals surface area contributed by atoms with E-state index in [9.17, 15) is 4.79 Å². The van der Waals surface area contributed by atoms with Crippen molar-refractivity contribution in [2.24, 2.45) is 0 Å². The number of carbonyl (C=O) groups excluding carboxylic acids is 1. The van der Waals surface area contributed by atoms with Gasteiger partial charge in [0.25, 0.3) is 5.91 Å². The Labute approximate surface area is 95.4 Å². The lowest BCUT2D eigenvalue weighted by Crippen LogP contribution is -2.12. The molecule has 82 valence electrons. The van der Waals surface area contributed by atoms with Gasteiger partial charge in [-0.2, -0.15) is 0 Å². The molecule has 2 aromatic heterocycles. The van der Waals surface area contributed by atoms with Crippen LogP contribution in [0.15, 0.2) is 29.2 Å². The summed E-state index contributed by atoms with van der Waals surface area (Å²) >= 11 is 5.81. The van der Waals surface area contributed by atoms with Crippen LogP contribution in [0.1, 0.15) is 10.4 Å². The number of aromatic nitrogens is 2. The molecule has 0 spiro atoms. The van der Waals surface area contributed by atoms with Gasteiger partial charge in [0.2, 0.25) is 0 Å². The molecule has 0 fully saturated rings. The fourth-order valence-corrected chi connectivity index (χ4v) is 1.28. The Morgan fingerprint density at radius 2 is 2.31 bits per heavy atom. The van der Waals surface area contributed by atoms with E-state index in [2.05, 4.69) is 20.0 Å². The van der Waals surface area contributed by atoms with Gasteiger partial charge in [-0.15, -0.1) is 0 Å². The van der Waals surface area contributed by atoms with Crippen molar-refractivity contribution in [3.05, 3.63) is 35.3 Å². The molecule has 0 unspecified atom stereocenters. The zero-order valence-corrected chi connectivity index (χ0v) is 8.73. The van der Waals surface area contributed by atoms with E-state index in [0.29, 0.717) is 5.69 Å². The number of nitrogens with one attached hydrogen (secondary N) is 1. The number of amides is 1. The van der Waals surface area contributed by atoms with Gasteiger partial charge in [-0.25, -0.2) is 4.98 Å². The molecule has 0 saturated carbocycles. The van der Waals surface area contributed by atoms with Crippen molar-refractivity contribution in [3.8, 4) is 0 Å². The summed E-state index contributed by atoms with van der Waals surface area (Å²) in [6.07, 6.45) is 3.99. The van der Waals surface area contributed by atoms with Gasteiger partial charge in [0.05, 0.1) is 16.8 Å². The van der Waals surface area contributed by atoms with Crippen molar-refractivity contribution in [2.45, 2.75) is 0 Å². The van der Waals surface area contributed by atoms with Crippen molar-refractivity contribution in [2.75, 3.05) is 11.1 Å². The molecule has 0 aliphatic rings. The lowest BCUT2D eigenvalue weighted by molar-refractivity contribution is 0.102. The van der Waals surface area contributed by atoms with Crippen LogP contribution in [0, 0.1) is 0 Å². The Balaban J connectivity index is 2.24. The Hall–Kier alpha value is -2.08. The van der Waals surface area contributed by atoms with Crippen LogP contribution >= 0.6 is 11.6 Å². The summed E-state index contributed by atoms with van der Waals surface area (Å²) in [6.45, 7) is 0. The lowest BCUT2D eigenvalue weighted by atomic mass is 10.2. The normalized spacial score (nSPS) is 10.1. The molecule has 1 amide bonds. The number of nitrogen functional groups attached to an aromatic ring is 1. The molecule has 0 radical (unpaired) electrons. The number of carbonyl (C=O) groups is 1. The highest BCUT2D eigenvalue weighted by molar-refractivity contribution is 6.34. The molecule has 6 nitrogen and oxygen atoms in total. The smallest absolute Gasteiger partial charge is 0.257 e. The van der Waals surface area contributed by atoms with E-state index in [4.69, 9.17) is 17.3 Å². The largest absolute Gasteiger partial charge is 0.384 e. The highest BCUT2D eigenvalue weighted by Gasteiger charge is 2.12. The first-order valence-electron chi connectivity index (χ1n) is 4.28. The zero-order chi connectivity index (χ0) is 11.5. The first kappa shape index (κ1) is 10.4. The molecule has 2 heterocycles. The van der Waals surface area contributed by atoms with Gasteiger partial charge in [0, 0.05) is 6.20 Å². The standard InChI is InChI=1S/C9H7ClN4O2/c10-7-3-12-8(11)1-6(7)9(15)14-5-2-13-16-4-5/h1-4H,(H2,11,12)(H,14,15). The van der Waals surface area contributed by atoms with E-state index in [1.807, 2.05) is 0 Å². The van der Waals surface area contributed by atoms with Gasteiger partial charge in [-0.1, -0.05) is 16.8 Å². The van der Waals surface area contributed by atoms with E-state index >= 15 is 0 Å². The van der Waals surface area contributed by atoms with Crippen molar-refractivity contribution in [1.82, 2.24) is 10.1 Å². The number of anilines is 2. The Bertz CT molecular complexity index is 512. The Morgan fingerprint density at radius 1 is 1.50 bits per heavy atom. The summed E-state index contributed by atoms with van der Waals surface area (Å²) in [7, 11) is 0. The summed E-state index contributed by atoms with van der Waals surface area (Å²) < 4.78 is 4.57. The number of nitrogens with two attached hydrogens (primary N) is 1. The molecule has 7 heteroatoms. The summed E-state index contributed by atoms with van der Waals surface area (Å²) in [5, 5.41) is 6.22. The predicted octanol–water partition coefficient (Wildman–Crippen LogP) is 1.56. The average molecular weight is 239 g/mol. The highest BCUT2D eigenvalue weighted by Crippen LogP contribution is 2.18. The van der Waals surface area contributed by atoms with Crippen LogP contribution in [0.2, 0.25) is 5.02 Å². The monoisotopic (exact) mass is 238 g/mol. The van der Waals surface area contributed by atoms with Crippen LogP contribution in [-0.4, -0.2) is 16.0 Å². The number of hydrogen-bond acceptors (Lipinski definition) is 5. The molecule has 0 aromatic carbocycles. The minimum atomic E-state index is -0.401. The molecule has 0 atom stereocenters. The quantitative estimate of drug-likeness (QED) is 0.828. The maximum atomic E-state index is 11.7. The highest BCUT2D eigenvalue weighted by atomic mass is 35.5. The Kier molecular flexibility index (Phi) is 2.74. The maximum Gasteiger partial charge on any atom is 0.257 e. The second-order valence-electron chi connectivity index (χ2n) is 2.96. The Morgan fingerprint density at radius 3 is 3.00 bits per heavy atom. The molecular formula is C9H7ClN4O2. The fraction of sp³-hybridized carbons (Fsp3) is 0. The lowest BCUT2D eigenvalue weighted by Gasteiger charge is -2.04. The van der Waals surface area contributed by atoms with E-state index in [1.165, 1.54) is 24.7 Å². The maximum absolute atomic E-state index is 11.7. The van der Waals surface area contributed by atoms with Crippen LogP contribution in [0.4, 0.5) is 11.5 Å². The SMILES string of the molecule is Nc1cc(C(=O)Nc2cnoc2)c(Cl)cn1. The third-order valence-corrected chi connectivity index (χ3v) is 2.11. The third kappa shape index (κ3) is 2.12. The van der Waals surface area contributed by atoms with Gasteiger partial charge in [0.1, 0.15) is 17.8 Å². The molecule has 2 aromatic rings. The molecule has 0 aliphatic heterocycles. The average Bonchev–Trinajstić information content (AvgIpc) is 2.74. The number of halogens is 1. The zero-order valence-electron chi connectivity index (χ0n) is 7.98. The predicted molar refractivity (Wildman–Crippen MR) is 58.1 cm³/mol. The van der Waals surface area contributed by atoms with Crippen LogP contribution in [0.5, 0.6) is 0 Å². The summed E-state index contributed by atoms with van der Waals surface area (Å²) in [5.74, 6) is -0.179. The number of nitrogens with zero attached hydrogens (tertiary/aromatic N) is 2.